The number of rotatable bonds is 4. The molecule has 0 saturated heterocycles. The summed E-state index contributed by atoms with van der Waals surface area (Å²) in [6, 6.07) is 0. The van der Waals surface area contributed by atoms with Gasteiger partial charge in [0.05, 0.1) is 17.5 Å². The van der Waals surface area contributed by atoms with Gasteiger partial charge in [0.1, 0.15) is 0 Å². The highest BCUT2D eigenvalue weighted by Gasteiger charge is 2.49. The minimum absolute atomic E-state index is 0.229. The Morgan fingerprint density at radius 2 is 2.09 bits per heavy atom. The van der Waals surface area contributed by atoms with E-state index in [-0.39, 0.29) is 13.0 Å². The van der Waals surface area contributed by atoms with Crippen LogP contribution in [-0.2, 0) is 11.1 Å². The Kier molecular flexibility index (Phi) is 2.64. The molecule has 0 radical (unpaired) electrons. The molecule has 5 heteroatoms. The van der Waals surface area contributed by atoms with Gasteiger partial charge in [-0.1, -0.05) is 0 Å². The van der Waals surface area contributed by atoms with Gasteiger partial charge in [-0.3, -0.25) is 0 Å². The Morgan fingerprint density at radius 1 is 1.55 bits per heavy atom. The van der Waals surface area contributed by atoms with Crippen LogP contribution >= 0.6 is 0 Å². The highest BCUT2D eigenvalue weighted by Crippen LogP contribution is 2.44. The molecule has 1 fully saturated rings. The Balaban J connectivity index is 2.41. The maximum absolute atomic E-state index is 10.7. The second-order valence-electron chi connectivity index (χ2n) is 2.97. The van der Waals surface area contributed by atoms with Gasteiger partial charge in [0.15, 0.2) is 11.1 Å². The Morgan fingerprint density at radius 3 is 2.36 bits per heavy atom. The predicted octanol–water partition coefficient (Wildman–Crippen LogP) is -0.516. The first-order chi connectivity index (χ1) is 5.10. The van der Waals surface area contributed by atoms with Gasteiger partial charge in [-0.2, -0.15) is 0 Å². The average molecular weight is 180 g/mol. The zero-order valence-electron chi connectivity index (χ0n) is 6.06. The van der Waals surface area contributed by atoms with Crippen LogP contribution in [0.5, 0.6) is 0 Å². The molecule has 0 amide bonds. The van der Waals surface area contributed by atoms with Crippen molar-refractivity contribution in [3.8, 4) is 0 Å². The van der Waals surface area contributed by atoms with E-state index in [0.717, 1.165) is 0 Å². The van der Waals surface area contributed by atoms with Crippen molar-refractivity contribution in [2.24, 2.45) is 0 Å². The molecule has 2 atom stereocenters. The zero-order valence-corrected chi connectivity index (χ0v) is 6.88. The molecular formula is C6H12O4S. The second kappa shape index (κ2) is 3.18. The van der Waals surface area contributed by atoms with E-state index in [1.165, 1.54) is 0 Å². The largest absolute Gasteiger partial charge is 0.394 e. The standard InChI is InChI=1S/C6H12O4S/c7-4-5(8)3-6(1-2-6)11(9)10/h5,7-8H,1-4H2,(H,9,10). The Labute approximate surface area is 67.5 Å². The fraction of sp³-hybridized carbons (Fsp3) is 1.00. The second-order valence-corrected chi connectivity index (χ2v) is 4.34. The van der Waals surface area contributed by atoms with E-state index >= 15 is 0 Å². The van der Waals surface area contributed by atoms with E-state index in [1.54, 1.807) is 0 Å². The van der Waals surface area contributed by atoms with Gasteiger partial charge in [0, 0.05) is 0 Å². The SMILES string of the molecule is O=S(O)C1(CC(O)CO)CC1. The molecule has 0 spiro atoms. The summed E-state index contributed by atoms with van der Waals surface area (Å²) in [7, 11) is 0. The van der Waals surface area contributed by atoms with Gasteiger partial charge < -0.3 is 14.8 Å². The van der Waals surface area contributed by atoms with Crippen LogP contribution < -0.4 is 0 Å². The molecule has 2 unspecified atom stereocenters. The zero-order chi connectivity index (χ0) is 8.48. The van der Waals surface area contributed by atoms with Gasteiger partial charge in [0.2, 0.25) is 0 Å². The molecule has 11 heavy (non-hydrogen) atoms. The topological polar surface area (TPSA) is 77.8 Å². The van der Waals surface area contributed by atoms with Crippen LogP contribution in [0.15, 0.2) is 0 Å². The van der Waals surface area contributed by atoms with Crippen LogP contribution in [0.4, 0.5) is 0 Å². The van der Waals surface area contributed by atoms with Crippen molar-refractivity contribution in [3.05, 3.63) is 0 Å². The van der Waals surface area contributed by atoms with Crippen LogP contribution in [0.25, 0.3) is 0 Å². The van der Waals surface area contributed by atoms with Crippen molar-refractivity contribution >= 4 is 11.1 Å². The smallest absolute Gasteiger partial charge is 0.159 e. The number of aliphatic hydroxyl groups excluding tert-OH is 2. The number of hydrogen-bond donors (Lipinski definition) is 3. The molecule has 0 heterocycles. The van der Waals surface area contributed by atoms with Gasteiger partial charge >= 0.3 is 0 Å². The van der Waals surface area contributed by atoms with E-state index in [9.17, 15) is 4.21 Å². The first-order valence-corrected chi connectivity index (χ1v) is 4.61. The van der Waals surface area contributed by atoms with Crippen molar-refractivity contribution in [1.29, 1.82) is 0 Å². The van der Waals surface area contributed by atoms with E-state index < -0.39 is 21.9 Å². The number of hydrogen-bond acceptors (Lipinski definition) is 3. The summed E-state index contributed by atoms with van der Waals surface area (Å²) >= 11 is -1.86. The summed E-state index contributed by atoms with van der Waals surface area (Å²) in [4.78, 5) is 0. The molecule has 66 valence electrons. The summed E-state index contributed by atoms with van der Waals surface area (Å²) in [5.74, 6) is 0. The van der Waals surface area contributed by atoms with Crippen molar-refractivity contribution < 1.29 is 19.0 Å². The molecule has 0 aromatic rings. The van der Waals surface area contributed by atoms with Crippen LogP contribution in [0.2, 0.25) is 0 Å². The third-order valence-electron chi connectivity index (χ3n) is 2.00. The molecule has 0 aromatic carbocycles. The highest BCUT2D eigenvalue weighted by atomic mass is 32.2. The van der Waals surface area contributed by atoms with Gasteiger partial charge in [-0.05, 0) is 19.3 Å². The van der Waals surface area contributed by atoms with E-state index in [2.05, 4.69) is 0 Å². The summed E-state index contributed by atoms with van der Waals surface area (Å²) < 4.78 is 18.8. The quantitative estimate of drug-likeness (QED) is 0.509. The van der Waals surface area contributed by atoms with Crippen LogP contribution in [0.1, 0.15) is 19.3 Å². The van der Waals surface area contributed by atoms with Crippen molar-refractivity contribution in [1.82, 2.24) is 0 Å². The average Bonchev–Trinajstić information content (AvgIpc) is 2.69. The molecule has 0 bridgehead atoms. The predicted molar refractivity (Wildman–Crippen MR) is 40.4 cm³/mol. The fourth-order valence-corrected chi connectivity index (χ4v) is 1.87. The molecule has 1 saturated carbocycles. The van der Waals surface area contributed by atoms with Gasteiger partial charge in [-0.15, -0.1) is 0 Å². The third kappa shape index (κ3) is 1.99. The third-order valence-corrected chi connectivity index (χ3v) is 3.31. The van der Waals surface area contributed by atoms with Crippen molar-refractivity contribution in [2.75, 3.05) is 6.61 Å². The van der Waals surface area contributed by atoms with Crippen LogP contribution in [0, 0.1) is 0 Å². The molecule has 0 aliphatic heterocycles. The lowest BCUT2D eigenvalue weighted by Gasteiger charge is -2.13. The molecule has 1 aliphatic rings. The monoisotopic (exact) mass is 180 g/mol. The van der Waals surface area contributed by atoms with E-state index in [0.29, 0.717) is 12.8 Å². The molecule has 1 rings (SSSR count). The lowest BCUT2D eigenvalue weighted by atomic mass is 10.2. The van der Waals surface area contributed by atoms with E-state index in [4.69, 9.17) is 14.8 Å². The summed E-state index contributed by atoms with van der Waals surface area (Å²) in [5.41, 5.74) is 0. The van der Waals surface area contributed by atoms with Gasteiger partial charge in [-0.25, -0.2) is 4.21 Å². The van der Waals surface area contributed by atoms with Crippen molar-refractivity contribution in [3.63, 3.8) is 0 Å². The maximum atomic E-state index is 10.7. The van der Waals surface area contributed by atoms with Gasteiger partial charge in [0.25, 0.3) is 0 Å². The minimum atomic E-state index is -1.86. The fourth-order valence-electron chi connectivity index (χ4n) is 1.08. The summed E-state index contributed by atoms with van der Waals surface area (Å²) in [6.45, 7) is -0.334. The number of aliphatic hydroxyl groups is 2. The highest BCUT2D eigenvalue weighted by molar-refractivity contribution is 7.81. The van der Waals surface area contributed by atoms with Crippen LogP contribution in [0.3, 0.4) is 0 Å². The Bertz CT molecular complexity index is 166. The summed E-state index contributed by atoms with van der Waals surface area (Å²) in [6.07, 6.45) is 0.723. The van der Waals surface area contributed by atoms with E-state index in [1.807, 2.05) is 0 Å². The summed E-state index contributed by atoms with van der Waals surface area (Å²) in [5, 5.41) is 17.5. The maximum Gasteiger partial charge on any atom is 0.159 e. The van der Waals surface area contributed by atoms with Crippen LogP contribution in [-0.4, -0.2) is 36.4 Å². The molecule has 0 aromatic heterocycles. The molecule has 4 nitrogen and oxygen atoms in total. The molecule has 1 aliphatic carbocycles. The lowest BCUT2D eigenvalue weighted by molar-refractivity contribution is 0.0857. The minimum Gasteiger partial charge on any atom is -0.394 e. The van der Waals surface area contributed by atoms with Crippen molar-refractivity contribution in [2.45, 2.75) is 30.1 Å². The lowest BCUT2D eigenvalue weighted by Crippen LogP contribution is -2.25. The Hall–Kier alpha value is 0.0300. The molecular weight excluding hydrogens is 168 g/mol. The normalized spacial score (nSPS) is 26.1. The molecule has 3 N–H and O–H groups in total. The first kappa shape index (κ1) is 9.12. The first-order valence-electron chi connectivity index (χ1n) is 3.50.